The van der Waals surface area contributed by atoms with Gasteiger partial charge in [0.2, 0.25) is 5.91 Å². The number of carbonyl (C=O) groups is 2. The summed E-state index contributed by atoms with van der Waals surface area (Å²) in [6.07, 6.45) is 5.16. The van der Waals surface area contributed by atoms with Gasteiger partial charge in [-0.2, -0.15) is 5.10 Å². The van der Waals surface area contributed by atoms with E-state index in [1.165, 1.54) is 11.1 Å². The molecule has 3 aromatic rings. The molecule has 200 valence electrons. The van der Waals surface area contributed by atoms with E-state index in [4.69, 9.17) is 0 Å². The quantitative estimate of drug-likeness (QED) is 0.388. The van der Waals surface area contributed by atoms with Gasteiger partial charge in [0.25, 0.3) is 5.91 Å². The van der Waals surface area contributed by atoms with Crippen LogP contribution in [-0.4, -0.2) is 58.3 Å². The van der Waals surface area contributed by atoms with Crippen LogP contribution in [0.25, 0.3) is 10.9 Å². The minimum Gasteiger partial charge on any atom is -0.355 e. The number of aromatic nitrogens is 2. The van der Waals surface area contributed by atoms with E-state index in [9.17, 15) is 9.59 Å². The lowest BCUT2D eigenvalue weighted by atomic mass is 10.1. The number of nitrogens with zero attached hydrogens (tertiary/aromatic N) is 5. The van der Waals surface area contributed by atoms with E-state index >= 15 is 0 Å². The number of unbranched alkanes of at least 4 members (excludes halogenated alkanes) is 2. The number of rotatable bonds is 11. The van der Waals surface area contributed by atoms with Gasteiger partial charge < -0.3 is 10.2 Å². The number of amides is 2. The van der Waals surface area contributed by atoms with Crippen LogP contribution in [0.15, 0.2) is 42.6 Å². The number of likely N-dealkylation sites (N-methyl/N-ethyl adjacent to an activating group) is 1. The zero-order valence-corrected chi connectivity index (χ0v) is 22.0. The second kappa shape index (κ2) is 12.7. The number of hydrogen-bond acceptors (Lipinski definition) is 5. The van der Waals surface area contributed by atoms with Crippen molar-refractivity contribution in [1.29, 1.82) is 0 Å². The first-order valence-corrected chi connectivity index (χ1v) is 13.0. The average molecular weight is 507 g/mol. The summed E-state index contributed by atoms with van der Waals surface area (Å²) < 4.78 is 1.91. The molecule has 0 radical (unpaired) electrons. The van der Waals surface area contributed by atoms with Crippen molar-refractivity contribution < 1.29 is 9.59 Å². The van der Waals surface area contributed by atoms with E-state index < -0.39 is 0 Å². The number of benzene rings is 2. The Hall–Kier alpha value is -3.39. The fourth-order valence-electron chi connectivity index (χ4n) is 4.73. The lowest BCUT2D eigenvalue weighted by molar-refractivity contribution is -0.145. The zero-order valence-electron chi connectivity index (χ0n) is 22.0. The van der Waals surface area contributed by atoms with Crippen LogP contribution in [0.1, 0.15) is 57.2 Å². The highest BCUT2D eigenvalue weighted by atomic mass is 16.2. The molecule has 1 N–H and O–H groups in total. The van der Waals surface area contributed by atoms with Gasteiger partial charge in [0.15, 0.2) is 0 Å². The highest BCUT2D eigenvalue weighted by molar-refractivity contribution is 5.90. The fraction of sp³-hybridized carbons (Fsp3) is 0.483. The summed E-state index contributed by atoms with van der Waals surface area (Å²) in [7, 11) is 1.82. The maximum atomic E-state index is 13.5. The van der Waals surface area contributed by atoms with Gasteiger partial charge in [0.05, 0.1) is 18.6 Å². The SMILES string of the molecule is C.CCCCCNC(=O)CN(CC(=O)N(C)N1Cc2ccccc2C1)c1cc2cn(CC)nc2cc1C. The largest absolute Gasteiger partial charge is 0.355 e. The summed E-state index contributed by atoms with van der Waals surface area (Å²) in [6, 6.07) is 12.4. The topological polar surface area (TPSA) is 73.7 Å². The fourth-order valence-corrected chi connectivity index (χ4v) is 4.73. The van der Waals surface area contributed by atoms with Crippen molar-refractivity contribution in [3.05, 3.63) is 59.3 Å². The van der Waals surface area contributed by atoms with E-state index in [2.05, 4.69) is 41.4 Å². The molecule has 8 nitrogen and oxygen atoms in total. The third-order valence-corrected chi connectivity index (χ3v) is 6.91. The molecule has 0 spiro atoms. The van der Waals surface area contributed by atoms with Crippen LogP contribution in [0.5, 0.6) is 0 Å². The highest BCUT2D eigenvalue weighted by Crippen LogP contribution is 2.27. The monoisotopic (exact) mass is 506 g/mol. The Bertz CT molecular complexity index is 1200. The van der Waals surface area contributed by atoms with Crippen molar-refractivity contribution in [2.24, 2.45) is 0 Å². The predicted octanol–water partition coefficient (Wildman–Crippen LogP) is 4.50. The molecule has 4 rings (SSSR count). The van der Waals surface area contributed by atoms with Crippen LogP contribution in [0.3, 0.4) is 0 Å². The molecule has 1 aromatic heterocycles. The van der Waals surface area contributed by atoms with Gasteiger partial charge in [-0.1, -0.05) is 51.5 Å². The Balaban J connectivity index is 0.00000380. The van der Waals surface area contributed by atoms with E-state index in [1.54, 1.807) is 5.01 Å². The maximum absolute atomic E-state index is 13.5. The van der Waals surface area contributed by atoms with Gasteiger partial charge >= 0.3 is 0 Å². The van der Waals surface area contributed by atoms with Crippen molar-refractivity contribution in [3.63, 3.8) is 0 Å². The van der Waals surface area contributed by atoms with Crippen molar-refractivity contribution in [3.8, 4) is 0 Å². The van der Waals surface area contributed by atoms with Crippen LogP contribution >= 0.6 is 0 Å². The molecule has 0 unspecified atom stereocenters. The molecule has 2 amide bonds. The smallest absolute Gasteiger partial charge is 0.256 e. The van der Waals surface area contributed by atoms with Gasteiger partial charge in [0.1, 0.15) is 0 Å². The van der Waals surface area contributed by atoms with E-state index in [0.29, 0.717) is 19.6 Å². The summed E-state index contributed by atoms with van der Waals surface area (Å²) in [4.78, 5) is 28.2. The Morgan fingerprint density at radius 2 is 1.76 bits per heavy atom. The molecule has 0 bridgehead atoms. The van der Waals surface area contributed by atoms with Crippen LogP contribution in [0, 0.1) is 6.92 Å². The minimum absolute atomic E-state index is 0. The highest BCUT2D eigenvalue weighted by Gasteiger charge is 2.27. The minimum atomic E-state index is -0.0705. The van der Waals surface area contributed by atoms with E-state index in [1.807, 2.05) is 54.0 Å². The number of nitrogens with one attached hydrogen (secondary N) is 1. The third kappa shape index (κ3) is 6.68. The molecule has 1 aliphatic heterocycles. The van der Waals surface area contributed by atoms with Crippen LogP contribution in [-0.2, 0) is 29.2 Å². The van der Waals surface area contributed by atoms with E-state index in [0.717, 1.165) is 48.0 Å². The van der Waals surface area contributed by atoms with Crippen molar-refractivity contribution in [2.75, 3.05) is 31.6 Å². The summed E-state index contributed by atoms with van der Waals surface area (Å²) in [5.41, 5.74) is 5.28. The molecule has 0 aliphatic carbocycles. The van der Waals surface area contributed by atoms with Gasteiger partial charge in [-0.25, -0.2) is 5.01 Å². The first-order valence-electron chi connectivity index (χ1n) is 13.0. The molecule has 0 saturated carbocycles. The molecule has 37 heavy (non-hydrogen) atoms. The average Bonchev–Trinajstić information content (AvgIpc) is 3.48. The Morgan fingerprint density at radius 3 is 2.41 bits per heavy atom. The number of aryl methyl sites for hydroxylation is 2. The molecule has 1 aliphatic rings. The molecule has 0 fully saturated rings. The number of fused-ring (bicyclic) bond motifs is 2. The van der Waals surface area contributed by atoms with Crippen LogP contribution in [0.4, 0.5) is 5.69 Å². The first-order chi connectivity index (χ1) is 17.4. The van der Waals surface area contributed by atoms with Gasteiger partial charge in [-0.15, -0.1) is 0 Å². The Kier molecular flexibility index (Phi) is 9.69. The standard InChI is InChI=1S/C28H38N6O2.CH4/c1-5-7-10-13-29-27(35)19-32(26-15-24-16-33(6-2)30-25(24)14-21(26)3)20-28(36)31(4)34-17-22-11-8-9-12-23(22)18-34;/h8-9,11-12,14-16H,5-7,10,13,17-20H2,1-4H3,(H,29,35);1H4. The Morgan fingerprint density at radius 1 is 1.05 bits per heavy atom. The third-order valence-electron chi connectivity index (χ3n) is 6.91. The molecular formula is C29H42N6O2. The lowest BCUT2D eigenvalue weighted by Crippen LogP contribution is -2.48. The van der Waals surface area contributed by atoms with Crippen molar-refractivity contribution in [2.45, 2.75) is 67.1 Å². The molecule has 2 heterocycles. The molecular weight excluding hydrogens is 464 g/mol. The molecule has 2 aromatic carbocycles. The van der Waals surface area contributed by atoms with Gasteiger partial charge in [0, 0.05) is 50.5 Å². The van der Waals surface area contributed by atoms with Crippen LogP contribution in [0.2, 0.25) is 0 Å². The first kappa shape index (κ1) is 28.2. The normalized spacial score (nSPS) is 12.8. The molecule has 0 saturated heterocycles. The summed E-state index contributed by atoms with van der Waals surface area (Å²) in [5.74, 6) is -0.121. The van der Waals surface area contributed by atoms with Crippen molar-refractivity contribution in [1.82, 2.24) is 25.1 Å². The maximum Gasteiger partial charge on any atom is 0.256 e. The lowest BCUT2D eigenvalue weighted by Gasteiger charge is -2.32. The summed E-state index contributed by atoms with van der Waals surface area (Å²) in [6.45, 7) is 9.30. The second-order valence-corrected chi connectivity index (χ2v) is 9.60. The van der Waals surface area contributed by atoms with Gasteiger partial charge in [-0.3, -0.25) is 19.3 Å². The Labute approximate surface area is 221 Å². The van der Waals surface area contributed by atoms with E-state index in [-0.39, 0.29) is 32.3 Å². The molecule has 0 atom stereocenters. The summed E-state index contributed by atoms with van der Waals surface area (Å²) >= 11 is 0. The second-order valence-electron chi connectivity index (χ2n) is 9.60. The van der Waals surface area contributed by atoms with Crippen LogP contribution < -0.4 is 10.2 Å². The predicted molar refractivity (Wildman–Crippen MR) is 150 cm³/mol. The number of hydrazine groups is 1. The molecule has 8 heteroatoms. The number of carbonyl (C=O) groups excluding carboxylic acids is 2. The number of anilines is 1. The zero-order chi connectivity index (χ0) is 25.7. The number of hydrogen-bond donors (Lipinski definition) is 1. The van der Waals surface area contributed by atoms with Gasteiger partial charge in [-0.05, 0) is 49.1 Å². The summed E-state index contributed by atoms with van der Waals surface area (Å²) in [5, 5.41) is 12.4. The van der Waals surface area contributed by atoms with Crippen molar-refractivity contribution >= 4 is 28.4 Å².